The molecule has 2 rings (SSSR count). The number of hydrogen-bond acceptors (Lipinski definition) is 3. The second kappa shape index (κ2) is 5.10. The molecule has 0 radical (unpaired) electrons. The fourth-order valence-electron chi connectivity index (χ4n) is 2.01. The van der Waals surface area contributed by atoms with Gasteiger partial charge in [0.25, 0.3) is 0 Å². The number of nitrogens with two attached hydrogens (primary N) is 1. The standard InChI is InChI=1S/C13H16N2O2/c14-8-10-3-1-4-11(7-10)9-15-12(16)5-2-6-13(15)17/h1,3-4,7H,2,5-6,8-9,14H2. The Morgan fingerprint density at radius 3 is 2.41 bits per heavy atom. The molecule has 0 unspecified atom stereocenters. The van der Waals surface area contributed by atoms with Crippen LogP contribution in [0, 0.1) is 0 Å². The molecule has 4 nitrogen and oxygen atoms in total. The molecule has 1 aromatic rings. The van der Waals surface area contributed by atoms with Gasteiger partial charge in [-0.1, -0.05) is 24.3 Å². The van der Waals surface area contributed by atoms with E-state index < -0.39 is 0 Å². The summed E-state index contributed by atoms with van der Waals surface area (Å²) < 4.78 is 0. The van der Waals surface area contributed by atoms with E-state index in [1.54, 1.807) is 0 Å². The fraction of sp³-hybridized carbons (Fsp3) is 0.385. The Balaban J connectivity index is 2.13. The van der Waals surface area contributed by atoms with Crippen molar-refractivity contribution in [3.63, 3.8) is 0 Å². The van der Waals surface area contributed by atoms with Gasteiger partial charge in [0.1, 0.15) is 0 Å². The van der Waals surface area contributed by atoms with Crippen molar-refractivity contribution >= 4 is 11.8 Å². The summed E-state index contributed by atoms with van der Waals surface area (Å²) in [6.07, 6.45) is 1.63. The van der Waals surface area contributed by atoms with Gasteiger partial charge in [0, 0.05) is 19.4 Å². The number of benzene rings is 1. The Bertz CT molecular complexity index is 427. The average molecular weight is 232 g/mol. The first-order chi connectivity index (χ1) is 8.20. The minimum Gasteiger partial charge on any atom is -0.326 e. The number of amides is 2. The molecule has 1 fully saturated rings. The molecule has 0 spiro atoms. The van der Waals surface area contributed by atoms with Gasteiger partial charge in [-0.25, -0.2) is 0 Å². The molecule has 2 amide bonds. The lowest BCUT2D eigenvalue weighted by atomic mass is 10.1. The van der Waals surface area contributed by atoms with Crippen LogP contribution in [0.1, 0.15) is 30.4 Å². The monoisotopic (exact) mass is 232 g/mol. The molecular weight excluding hydrogens is 216 g/mol. The molecule has 17 heavy (non-hydrogen) atoms. The van der Waals surface area contributed by atoms with Gasteiger partial charge in [-0.2, -0.15) is 0 Å². The largest absolute Gasteiger partial charge is 0.326 e. The third-order valence-electron chi connectivity index (χ3n) is 2.95. The Labute approximate surface area is 100 Å². The molecule has 1 aromatic carbocycles. The number of carbonyl (C=O) groups excluding carboxylic acids is 2. The van der Waals surface area contributed by atoms with Crippen LogP contribution in [-0.4, -0.2) is 16.7 Å². The molecule has 0 aliphatic carbocycles. The summed E-state index contributed by atoms with van der Waals surface area (Å²) in [6, 6.07) is 7.68. The van der Waals surface area contributed by atoms with E-state index in [4.69, 9.17) is 5.73 Å². The summed E-state index contributed by atoms with van der Waals surface area (Å²) >= 11 is 0. The average Bonchev–Trinajstić information content (AvgIpc) is 2.34. The first-order valence-electron chi connectivity index (χ1n) is 5.82. The Morgan fingerprint density at radius 1 is 1.12 bits per heavy atom. The zero-order valence-electron chi connectivity index (χ0n) is 9.69. The highest BCUT2D eigenvalue weighted by Gasteiger charge is 2.25. The van der Waals surface area contributed by atoms with Crippen molar-refractivity contribution in [3.8, 4) is 0 Å². The second-order valence-corrected chi connectivity index (χ2v) is 4.25. The second-order valence-electron chi connectivity index (χ2n) is 4.25. The van der Waals surface area contributed by atoms with Crippen LogP contribution in [0.15, 0.2) is 24.3 Å². The molecule has 2 N–H and O–H groups in total. The third kappa shape index (κ3) is 2.71. The Kier molecular flexibility index (Phi) is 3.54. The summed E-state index contributed by atoms with van der Waals surface area (Å²) in [4.78, 5) is 24.6. The van der Waals surface area contributed by atoms with Crippen LogP contribution >= 0.6 is 0 Å². The van der Waals surface area contributed by atoms with Gasteiger partial charge in [0.15, 0.2) is 0 Å². The summed E-state index contributed by atoms with van der Waals surface area (Å²) in [5.41, 5.74) is 7.53. The van der Waals surface area contributed by atoms with E-state index in [2.05, 4.69) is 0 Å². The summed E-state index contributed by atoms with van der Waals surface area (Å²) in [5.74, 6) is -0.140. The van der Waals surface area contributed by atoms with Gasteiger partial charge >= 0.3 is 0 Å². The van der Waals surface area contributed by atoms with E-state index in [1.165, 1.54) is 4.90 Å². The number of piperidine rings is 1. The van der Waals surface area contributed by atoms with Gasteiger partial charge in [0.05, 0.1) is 6.54 Å². The minimum atomic E-state index is -0.0700. The van der Waals surface area contributed by atoms with E-state index in [0.717, 1.165) is 11.1 Å². The van der Waals surface area contributed by atoms with Crippen LogP contribution in [0.25, 0.3) is 0 Å². The third-order valence-corrected chi connectivity index (χ3v) is 2.95. The number of nitrogens with zero attached hydrogens (tertiary/aromatic N) is 1. The van der Waals surface area contributed by atoms with Crippen molar-refractivity contribution < 1.29 is 9.59 Å². The molecule has 0 saturated carbocycles. The van der Waals surface area contributed by atoms with E-state index in [0.29, 0.717) is 32.4 Å². The summed E-state index contributed by atoms with van der Waals surface area (Å²) in [6.45, 7) is 0.835. The lowest BCUT2D eigenvalue weighted by Crippen LogP contribution is -2.39. The van der Waals surface area contributed by atoms with Crippen molar-refractivity contribution in [2.75, 3.05) is 0 Å². The predicted molar refractivity (Wildman–Crippen MR) is 63.7 cm³/mol. The maximum absolute atomic E-state index is 11.6. The SMILES string of the molecule is NCc1cccc(CN2C(=O)CCCC2=O)c1. The molecule has 1 aliphatic rings. The highest BCUT2D eigenvalue weighted by Crippen LogP contribution is 2.16. The number of likely N-dealkylation sites (tertiary alicyclic amines) is 1. The molecule has 0 atom stereocenters. The fourth-order valence-corrected chi connectivity index (χ4v) is 2.01. The lowest BCUT2D eigenvalue weighted by Gasteiger charge is -2.25. The van der Waals surface area contributed by atoms with Gasteiger partial charge in [-0.05, 0) is 17.5 Å². The number of hydrogen-bond donors (Lipinski definition) is 1. The Hall–Kier alpha value is -1.68. The van der Waals surface area contributed by atoms with Crippen molar-refractivity contribution in [2.24, 2.45) is 5.73 Å². The normalized spacial score (nSPS) is 16.4. The van der Waals surface area contributed by atoms with Crippen LogP contribution in [0.5, 0.6) is 0 Å². The quantitative estimate of drug-likeness (QED) is 0.796. The zero-order chi connectivity index (χ0) is 12.3. The molecular formula is C13H16N2O2. The zero-order valence-corrected chi connectivity index (χ0v) is 9.69. The van der Waals surface area contributed by atoms with Crippen LogP contribution in [0.2, 0.25) is 0 Å². The van der Waals surface area contributed by atoms with E-state index in [9.17, 15) is 9.59 Å². The van der Waals surface area contributed by atoms with Crippen LogP contribution in [0.3, 0.4) is 0 Å². The minimum absolute atomic E-state index is 0.0700. The van der Waals surface area contributed by atoms with Crippen molar-refractivity contribution in [1.29, 1.82) is 0 Å². The van der Waals surface area contributed by atoms with Crippen LogP contribution in [0.4, 0.5) is 0 Å². The van der Waals surface area contributed by atoms with Gasteiger partial charge in [0.2, 0.25) is 11.8 Å². The molecule has 1 heterocycles. The lowest BCUT2D eigenvalue weighted by molar-refractivity contribution is -0.148. The number of rotatable bonds is 3. The Morgan fingerprint density at radius 2 is 1.76 bits per heavy atom. The van der Waals surface area contributed by atoms with Crippen LogP contribution < -0.4 is 5.73 Å². The molecule has 90 valence electrons. The molecule has 1 aliphatic heterocycles. The van der Waals surface area contributed by atoms with Gasteiger partial charge < -0.3 is 5.73 Å². The highest BCUT2D eigenvalue weighted by molar-refractivity contribution is 5.97. The smallest absolute Gasteiger partial charge is 0.229 e. The van der Waals surface area contributed by atoms with Gasteiger partial charge in [-0.3, -0.25) is 14.5 Å². The first kappa shape index (κ1) is 11.8. The molecule has 0 aromatic heterocycles. The number of carbonyl (C=O) groups is 2. The predicted octanol–water partition coefficient (Wildman–Crippen LogP) is 1.18. The summed E-state index contributed by atoms with van der Waals surface area (Å²) in [7, 11) is 0. The van der Waals surface area contributed by atoms with Gasteiger partial charge in [-0.15, -0.1) is 0 Å². The van der Waals surface area contributed by atoms with E-state index in [-0.39, 0.29) is 11.8 Å². The molecule has 4 heteroatoms. The highest BCUT2D eigenvalue weighted by atomic mass is 16.2. The molecule has 0 bridgehead atoms. The van der Waals surface area contributed by atoms with Crippen molar-refractivity contribution in [3.05, 3.63) is 35.4 Å². The first-order valence-corrected chi connectivity index (χ1v) is 5.82. The van der Waals surface area contributed by atoms with Crippen molar-refractivity contribution in [1.82, 2.24) is 4.90 Å². The van der Waals surface area contributed by atoms with E-state index >= 15 is 0 Å². The number of imide groups is 1. The topological polar surface area (TPSA) is 63.4 Å². The maximum Gasteiger partial charge on any atom is 0.229 e. The van der Waals surface area contributed by atoms with Crippen LogP contribution in [-0.2, 0) is 22.7 Å². The van der Waals surface area contributed by atoms with Crippen molar-refractivity contribution in [2.45, 2.75) is 32.4 Å². The molecule has 1 saturated heterocycles. The maximum atomic E-state index is 11.6. The summed E-state index contributed by atoms with van der Waals surface area (Å²) in [5, 5.41) is 0. The van der Waals surface area contributed by atoms with E-state index in [1.807, 2.05) is 24.3 Å².